The monoisotopic (exact) mass is 366 g/mol. The Bertz CT molecular complexity index is 1250. The van der Waals surface area contributed by atoms with Crippen LogP contribution in [0.4, 0.5) is 0 Å². The van der Waals surface area contributed by atoms with Gasteiger partial charge in [0.25, 0.3) is 0 Å². The molecule has 1 N–H and O–H groups in total. The first kappa shape index (κ1) is 16.3. The van der Waals surface area contributed by atoms with Crippen LogP contribution in [0.2, 0.25) is 0 Å². The number of aromatic amines is 1. The van der Waals surface area contributed by atoms with Crippen molar-refractivity contribution in [2.45, 2.75) is 0 Å². The molecule has 2 aromatic heterocycles. The van der Waals surface area contributed by atoms with Crippen LogP contribution < -0.4 is 4.74 Å². The van der Waals surface area contributed by atoms with Gasteiger partial charge in [0.05, 0.1) is 23.8 Å². The molecule has 0 aliphatic carbocycles. The second-order valence-electron chi connectivity index (χ2n) is 6.53. The summed E-state index contributed by atoms with van der Waals surface area (Å²) in [4.78, 5) is 4.60. The van der Waals surface area contributed by atoms with Gasteiger partial charge in [-0.05, 0) is 42.0 Å². The second kappa shape index (κ2) is 6.70. The quantitative estimate of drug-likeness (QED) is 0.482. The topological polar surface area (TPSA) is 55.7 Å². The lowest BCUT2D eigenvalue weighted by Gasteiger charge is -2.11. The number of imidazole rings is 1. The lowest BCUT2D eigenvalue weighted by Crippen LogP contribution is -1.93. The first-order valence-electron chi connectivity index (χ1n) is 9.04. The summed E-state index contributed by atoms with van der Waals surface area (Å²) in [5.74, 6) is 0.860. The molecule has 0 fully saturated rings. The first-order valence-corrected chi connectivity index (χ1v) is 9.04. The Morgan fingerprint density at radius 2 is 1.82 bits per heavy atom. The highest BCUT2D eigenvalue weighted by Crippen LogP contribution is 2.31. The lowest BCUT2D eigenvalue weighted by molar-refractivity contribution is 0.416. The minimum Gasteiger partial charge on any atom is -0.496 e. The van der Waals surface area contributed by atoms with E-state index in [9.17, 15) is 0 Å². The van der Waals surface area contributed by atoms with Crippen LogP contribution in [0.15, 0.2) is 85.3 Å². The number of rotatable bonds is 4. The number of ether oxygens (including phenoxy) is 1. The van der Waals surface area contributed by atoms with Crippen molar-refractivity contribution in [3.63, 3.8) is 0 Å². The molecule has 0 atom stereocenters. The third-order valence-corrected chi connectivity index (χ3v) is 4.89. The van der Waals surface area contributed by atoms with Gasteiger partial charge in [0.1, 0.15) is 12.1 Å². The van der Waals surface area contributed by atoms with Gasteiger partial charge < -0.3 is 4.74 Å². The predicted octanol–water partition coefficient (Wildman–Crippen LogP) is 5.09. The van der Waals surface area contributed by atoms with Crippen LogP contribution in [0.3, 0.4) is 0 Å². The molecule has 0 aliphatic heterocycles. The summed E-state index contributed by atoms with van der Waals surface area (Å²) >= 11 is 0. The van der Waals surface area contributed by atoms with Crippen LogP contribution in [-0.2, 0) is 0 Å². The summed E-state index contributed by atoms with van der Waals surface area (Å²) in [6, 6.07) is 24.6. The Kier molecular flexibility index (Phi) is 3.91. The molecule has 5 rings (SSSR count). The van der Waals surface area contributed by atoms with Gasteiger partial charge in [0, 0.05) is 23.0 Å². The molecule has 0 unspecified atom stereocenters. The van der Waals surface area contributed by atoms with Gasteiger partial charge in [-0.2, -0.15) is 5.10 Å². The molecule has 0 amide bonds. The van der Waals surface area contributed by atoms with Crippen LogP contribution in [0, 0.1) is 0 Å². The van der Waals surface area contributed by atoms with E-state index in [1.807, 2.05) is 36.8 Å². The molecule has 136 valence electrons. The zero-order valence-electron chi connectivity index (χ0n) is 15.3. The smallest absolute Gasteiger partial charge is 0.126 e. The van der Waals surface area contributed by atoms with E-state index in [4.69, 9.17) is 4.74 Å². The molecule has 5 heteroatoms. The van der Waals surface area contributed by atoms with Crippen molar-refractivity contribution in [2.75, 3.05) is 7.11 Å². The van der Waals surface area contributed by atoms with Gasteiger partial charge >= 0.3 is 0 Å². The minimum absolute atomic E-state index is 0.860. The van der Waals surface area contributed by atoms with Crippen molar-refractivity contribution < 1.29 is 4.74 Å². The number of methoxy groups -OCH3 is 1. The van der Waals surface area contributed by atoms with E-state index in [-0.39, 0.29) is 0 Å². The molecule has 0 spiro atoms. The Morgan fingerprint density at radius 1 is 0.893 bits per heavy atom. The maximum atomic E-state index is 5.52. The van der Waals surface area contributed by atoms with Crippen LogP contribution in [0.5, 0.6) is 5.75 Å². The van der Waals surface area contributed by atoms with Gasteiger partial charge in [-0.3, -0.25) is 9.67 Å². The molecular formula is C23H18N4O. The number of H-pyrrole nitrogens is 1. The summed E-state index contributed by atoms with van der Waals surface area (Å²) < 4.78 is 7.62. The molecule has 5 nitrogen and oxygen atoms in total. The van der Waals surface area contributed by atoms with Crippen molar-refractivity contribution in [1.29, 1.82) is 0 Å². The average Bonchev–Trinajstić information content (AvgIpc) is 3.43. The van der Waals surface area contributed by atoms with Gasteiger partial charge in [-0.1, -0.05) is 36.4 Å². The standard InChI is InChI=1S/C23H18N4O/c1-28-23-8-3-2-7-19(23)16-5-4-6-18(13-16)27-15-24-21-14-17(9-10-22(21)27)20-11-12-25-26-20/h2-15H,1H3,(H,25,26). The molecule has 0 saturated heterocycles. The fraction of sp³-hybridized carbons (Fsp3) is 0.0435. The SMILES string of the molecule is COc1ccccc1-c1cccc(-n2cnc3cc(-c4cc[nH]n4)ccc32)c1. The largest absolute Gasteiger partial charge is 0.496 e. The molecule has 0 aliphatic rings. The van der Waals surface area contributed by atoms with Crippen molar-refractivity contribution >= 4 is 11.0 Å². The van der Waals surface area contributed by atoms with Crippen LogP contribution in [0.25, 0.3) is 39.1 Å². The number of para-hydroxylation sites is 1. The molecule has 2 heterocycles. The molecule has 0 saturated carbocycles. The van der Waals surface area contributed by atoms with E-state index in [0.29, 0.717) is 0 Å². The summed E-state index contributed by atoms with van der Waals surface area (Å²) in [7, 11) is 1.70. The van der Waals surface area contributed by atoms with Crippen LogP contribution in [0.1, 0.15) is 0 Å². The third-order valence-electron chi connectivity index (χ3n) is 4.89. The van der Waals surface area contributed by atoms with Crippen molar-refractivity contribution in [3.8, 4) is 33.8 Å². The van der Waals surface area contributed by atoms with Gasteiger partial charge in [0.2, 0.25) is 0 Å². The maximum Gasteiger partial charge on any atom is 0.126 e. The van der Waals surface area contributed by atoms with E-state index in [1.165, 1.54) is 0 Å². The zero-order chi connectivity index (χ0) is 18.9. The highest BCUT2D eigenvalue weighted by atomic mass is 16.5. The van der Waals surface area contributed by atoms with Crippen molar-refractivity contribution in [3.05, 3.63) is 85.3 Å². The maximum absolute atomic E-state index is 5.52. The molecule has 0 bridgehead atoms. The summed E-state index contributed by atoms with van der Waals surface area (Å²) in [5.41, 5.74) is 7.16. The molecule has 28 heavy (non-hydrogen) atoms. The number of fused-ring (bicyclic) bond motifs is 1. The van der Waals surface area contributed by atoms with Gasteiger partial charge in [-0.15, -0.1) is 0 Å². The fourth-order valence-electron chi connectivity index (χ4n) is 3.51. The van der Waals surface area contributed by atoms with Crippen LogP contribution in [-0.4, -0.2) is 26.9 Å². The number of hydrogen-bond acceptors (Lipinski definition) is 3. The molecule has 5 aromatic rings. The molecular weight excluding hydrogens is 348 g/mol. The minimum atomic E-state index is 0.860. The van der Waals surface area contributed by atoms with Crippen LogP contribution >= 0.6 is 0 Å². The van der Waals surface area contributed by atoms with E-state index >= 15 is 0 Å². The number of nitrogens with one attached hydrogen (secondary N) is 1. The Morgan fingerprint density at radius 3 is 2.68 bits per heavy atom. The average molecular weight is 366 g/mol. The predicted molar refractivity (Wildman–Crippen MR) is 111 cm³/mol. The zero-order valence-corrected chi connectivity index (χ0v) is 15.3. The van der Waals surface area contributed by atoms with Crippen molar-refractivity contribution in [1.82, 2.24) is 19.7 Å². The summed E-state index contributed by atoms with van der Waals surface area (Å²) in [6.45, 7) is 0. The van der Waals surface area contributed by atoms with E-state index in [2.05, 4.69) is 68.3 Å². The Hall–Kier alpha value is -3.86. The number of nitrogens with zero attached hydrogens (tertiary/aromatic N) is 3. The normalized spacial score (nSPS) is 11.0. The number of aromatic nitrogens is 4. The Labute approximate surface area is 162 Å². The third kappa shape index (κ3) is 2.74. The second-order valence-corrected chi connectivity index (χ2v) is 6.53. The Balaban J connectivity index is 1.59. The molecule has 3 aromatic carbocycles. The lowest BCUT2D eigenvalue weighted by atomic mass is 10.0. The van der Waals surface area contributed by atoms with E-state index in [1.54, 1.807) is 7.11 Å². The molecule has 0 radical (unpaired) electrons. The van der Waals surface area contributed by atoms with E-state index < -0.39 is 0 Å². The number of hydrogen-bond donors (Lipinski definition) is 1. The van der Waals surface area contributed by atoms with Gasteiger partial charge in [0.15, 0.2) is 0 Å². The highest BCUT2D eigenvalue weighted by Gasteiger charge is 2.10. The van der Waals surface area contributed by atoms with Gasteiger partial charge in [-0.25, -0.2) is 4.98 Å². The first-order chi connectivity index (χ1) is 13.8. The summed E-state index contributed by atoms with van der Waals surface area (Å²) in [6.07, 6.45) is 3.68. The van der Waals surface area contributed by atoms with E-state index in [0.717, 1.165) is 44.9 Å². The van der Waals surface area contributed by atoms with Crippen molar-refractivity contribution in [2.24, 2.45) is 0 Å². The fourth-order valence-corrected chi connectivity index (χ4v) is 3.51. The summed E-state index contributed by atoms with van der Waals surface area (Å²) in [5, 5.41) is 7.10. The number of benzene rings is 3. The highest BCUT2D eigenvalue weighted by molar-refractivity contribution is 5.83.